The number of amides is 2. The van der Waals surface area contributed by atoms with Crippen LogP contribution in [0.2, 0.25) is 0 Å². The van der Waals surface area contributed by atoms with Crippen molar-refractivity contribution in [2.45, 2.75) is 13.0 Å². The molecule has 0 bridgehead atoms. The second-order valence-electron chi connectivity index (χ2n) is 7.36. The number of H-pyrrole nitrogens is 1. The van der Waals surface area contributed by atoms with Crippen LogP contribution in [0.15, 0.2) is 36.4 Å². The van der Waals surface area contributed by atoms with Gasteiger partial charge in [0, 0.05) is 31.7 Å². The summed E-state index contributed by atoms with van der Waals surface area (Å²) in [6.07, 6.45) is -1.06. The lowest BCUT2D eigenvalue weighted by Gasteiger charge is -2.36. The maximum atomic E-state index is 14.3. The zero-order valence-electron chi connectivity index (χ0n) is 17.5. The molecular weight excluding hydrogens is 441 g/mol. The van der Waals surface area contributed by atoms with E-state index in [-0.39, 0.29) is 43.3 Å². The Morgan fingerprint density at radius 1 is 1.03 bits per heavy atom. The molecule has 33 heavy (non-hydrogen) atoms. The molecule has 0 aliphatic carbocycles. The summed E-state index contributed by atoms with van der Waals surface area (Å²) in [7, 11) is 0. The molecule has 3 aromatic rings. The van der Waals surface area contributed by atoms with Gasteiger partial charge in [-0.05, 0) is 42.5 Å². The van der Waals surface area contributed by atoms with Gasteiger partial charge in [-0.1, -0.05) is 6.07 Å². The van der Waals surface area contributed by atoms with E-state index in [0.29, 0.717) is 5.56 Å². The minimum absolute atomic E-state index is 0.143. The lowest BCUT2D eigenvalue weighted by Crippen LogP contribution is -2.53. The van der Waals surface area contributed by atoms with E-state index < -0.39 is 35.4 Å². The zero-order valence-corrected chi connectivity index (χ0v) is 17.5. The lowest BCUT2D eigenvalue weighted by atomic mass is 10.1. The number of aromatic amines is 1. The van der Waals surface area contributed by atoms with Crippen LogP contribution < -0.4 is 4.74 Å². The maximum absolute atomic E-state index is 14.3. The van der Waals surface area contributed by atoms with Gasteiger partial charge in [0.25, 0.3) is 11.8 Å². The lowest BCUT2D eigenvalue weighted by molar-refractivity contribution is -0.139. The molecule has 4 rings (SSSR count). The minimum Gasteiger partial charge on any atom is -0.478 e. The van der Waals surface area contributed by atoms with Gasteiger partial charge in [0.1, 0.15) is 5.82 Å². The summed E-state index contributed by atoms with van der Waals surface area (Å²) in [5.74, 6) is -4.03. The Morgan fingerprint density at radius 3 is 2.45 bits per heavy atom. The highest BCUT2D eigenvalue weighted by molar-refractivity contribution is 5.95. The second kappa shape index (κ2) is 9.27. The molecule has 1 N–H and O–H groups in total. The zero-order chi connectivity index (χ0) is 23.5. The van der Waals surface area contributed by atoms with Crippen molar-refractivity contribution in [2.75, 3.05) is 26.2 Å². The normalized spacial score (nSPS) is 14.8. The average Bonchev–Trinajstić information content (AvgIpc) is 3.36. The van der Waals surface area contributed by atoms with Crippen molar-refractivity contribution in [1.82, 2.24) is 30.4 Å². The molecule has 0 spiro atoms. The first-order valence-electron chi connectivity index (χ1n) is 10.1. The van der Waals surface area contributed by atoms with Crippen molar-refractivity contribution in [3.05, 3.63) is 59.4 Å². The van der Waals surface area contributed by atoms with E-state index in [1.54, 1.807) is 0 Å². The molecule has 1 aliphatic heterocycles. The van der Waals surface area contributed by atoms with Crippen molar-refractivity contribution in [1.29, 1.82) is 0 Å². The summed E-state index contributed by atoms with van der Waals surface area (Å²) in [4.78, 5) is 28.4. The van der Waals surface area contributed by atoms with Gasteiger partial charge in [0.05, 0.1) is 5.56 Å². The third-order valence-electron chi connectivity index (χ3n) is 5.25. The van der Waals surface area contributed by atoms with Gasteiger partial charge in [0.15, 0.2) is 17.7 Å². The van der Waals surface area contributed by atoms with Crippen LogP contribution in [-0.2, 0) is 4.79 Å². The number of carbonyl (C=O) groups is 2. The molecule has 172 valence electrons. The van der Waals surface area contributed by atoms with E-state index in [2.05, 4.69) is 20.6 Å². The number of ether oxygens (including phenoxy) is 1. The van der Waals surface area contributed by atoms with Gasteiger partial charge in [-0.25, -0.2) is 8.78 Å². The van der Waals surface area contributed by atoms with Gasteiger partial charge in [-0.3, -0.25) is 9.59 Å². The number of aromatic nitrogens is 4. The quantitative estimate of drug-likeness (QED) is 0.625. The highest BCUT2D eigenvalue weighted by Crippen LogP contribution is 2.22. The largest absolute Gasteiger partial charge is 0.478 e. The highest BCUT2D eigenvalue weighted by atomic mass is 19.2. The summed E-state index contributed by atoms with van der Waals surface area (Å²) >= 11 is 0. The second-order valence-corrected chi connectivity index (χ2v) is 7.36. The van der Waals surface area contributed by atoms with E-state index in [0.717, 1.165) is 12.1 Å². The Morgan fingerprint density at radius 2 is 1.76 bits per heavy atom. The third kappa shape index (κ3) is 4.64. The fourth-order valence-electron chi connectivity index (χ4n) is 3.49. The van der Waals surface area contributed by atoms with Crippen molar-refractivity contribution >= 4 is 11.8 Å². The van der Waals surface area contributed by atoms with Crippen molar-refractivity contribution in [3.8, 4) is 17.1 Å². The molecule has 1 aromatic heterocycles. The molecule has 0 saturated carbocycles. The monoisotopic (exact) mass is 460 g/mol. The van der Waals surface area contributed by atoms with Gasteiger partial charge < -0.3 is 14.5 Å². The average molecular weight is 460 g/mol. The highest BCUT2D eigenvalue weighted by Gasteiger charge is 2.30. The minimum atomic E-state index is -1.17. The number of halogens is 3. The molecule has 12 heteroatoms. The Bertz CT molecular complexity index is 1170. The van der Waals surface area contributed by atoms with Crippen LogP contribution in [0, 0.1) is 17.5 Å². The topological polar surface area (TPSA) is 104 Å². The van der Waals surface area contributed by atoms with Gasteiger partial charge in [0.2, 0.25) is 11.6 Å². The molecule has 2 amide bonds. The Kier molecular flexibility index (Phi) is 6.24. The third-order valence-corrected chi connectivity index (χ3v) is 5.25. The number of nitrogens with one attached hydrogen (secondary N) is 1. The molecule has 1 unspecified atom stereocenters. The molecule has 1 fully saturated rings. The summed E-state index contributed by atoms with van der Waals surface area (Å²) in [6, 6.07) is 7.41. The molecule has 1 aliphatic rings. The number of rotatable bonds is 5. The van der Waals surface area contributed by atoms with Crippen LogP contribution >= 0.6 is 0 Å². The van der Waals surface area contributed by atoms with Gasteiger partial charge >= 0.3 is 0 Å². The van der Waals surface area contributed by atoms with Crippen LogP contribution in [0.4, 0.5) is 13.2 Å². The number of carbonyl (C=O) groups excluding carboxylic acids is 2. The van der Waals surface area contributed by atoms with E-state index in [1.807, 2.05) is 0 Å². The Balaban J connectivity index is 1.38. The van der Waals surface area contributed by atoms with Crippen molar-refractivity contribution in [2.24, 2.45) is 0 Å². The molecule has 9 nitrogen and oxygen atoms in total. The Hall–Kier alpha value is -3.96. The van der Waals surface area contributed by atoms with Gasteiger partial charge in [-0.2, -0.15) is 9.60 Å². The molecule has 2 heterocycles. The number of benzene rings is 2. The van der Waals surface area contributed by atoms with E-state index >= 15 is 0 Å². The number of nitrogens with zero attached hydrogens (tertiary/aromatic N) is 5. The van der Waals surface area contributed by atoms with Crippen molar-refractivity contribution in [3.63, 3.8) is 0 Å². The van der Waals surface area contributed by atoms with E-state index in [4.69, 9.17) is 4.74 Å². The predicted octanol–water partition coefficient (Wildman–Crippen LogP) is 2.04. The number of piperazine rings is 1. The molecule has 1 atom stereocenters. The number of hydrogen-bond donors (Lipinski definition) is 1. The first-order valence-corrected chi connectivity index (χ1v) is 10.1. The maximum Gasteiger partial charge on any atom is 0.263 e. The van der Waals surface area contributed by atoms with Crippen LogP contribution in [0.5, 0.6) is 5.75 Å². The predicted molar refractivity (Wildman–Crippen MR) is 109 cm³/mol. The summed E-state index contributed by atoms with van der Waals surface area (Å²) in [6.45, 7) is 2.12. The molecular formula is C21H19F3N6O3. The van der Waals surface area contributed by atoms with Crippen LogP contribution in [0.1, 0.15) is 17.3 Å². The fourth-order valence-corrected chi connectivity index (χ4v) is 3.49. The van der Waals surface area contributed by atoms with Crippen LogP contribution in [-0.4, -0.2) is 74.5 Å². The first-order chi connectivity index (χ1) is 15.8. The summed E-state index contributed by atoms with van der Waals surface area (Å²) in [5, 5.41) is 13.4. The van der Waals surface area contributed by atoms with Crippen LogP contribution in [0.25, 0.3) is 11.4 Å². The van der Waals surface area contributed by atoms with Crippen LogP contribution in [0.3, 0.4) is 0 Å². The standard InChI is InChI=1S/C21H19F3N6O3/c1-12(33-17-4-2-3-16(23)18(17)24)20(31)29-7-9-30(10-8-29)21(32)14-11-13(5-6-15(14)22)19-25-27-28-26-19/h2-6,11-12H,7-10H2,1H3,(H,25,26,27,28). The molecule has 2 aromatic carbocycles. The van der Waals surface area contributed by atoms with E-state index in [1.165, 1.54) is 41.0 Å². The summed E-state index contributed by atoms with van der Waals surface area (Å²) in [5.41, 5.74) is 0.285. The SMILES string of the molecule is CC(Oc1cccc(F)c1F)C(=O)N1CCN(C(=O)c2cc(-c3nn[nH]n3)ccc2F)CC1. The van der Waals surface area contributed by atoms with Crippen molar-refractivity contribution < 1.29 is 27.5 Å². The number of tetrazole rings is 1. The molecule has 0 radical (unpaired) electrons. The smallest absolute Gasteiger partial charge is 0.263 e. The Labute approximate surface area is 186 Å². The first kappa shape index (κ1) is 22.2. The molecule has 1 saturated heterocycles. The number of hydrogen-bond acceptors (Lipinski definition) is 6. The summed E-state index contributed by atoms with van der Waals surface area (Å²) < 4.78 is 46.8. The van der Waals surface area contributed by atoms with E-state index in [9.17, 15) is 22.8 Å². The fraction of sp³-hybridized carbons (Fsp3) is 0.286. The van der Waals surface area contributed by atoms with Gasteiger partial charge in [-0.15, -0.1) is 10.2 Å².